The molecule has 132 valence electrons. The first-order valence-electron chi connectivity index (χ1n) is 7.58. The Kier molecular flexibility index (Phi) is 4.88. The molecule has 7 heteroatoms. The van der Waals surface area contributed by atoms with Crippen molar-refractivity contribution < 1.29 is 22.7 Å². The van der Waals surface area contributed by atoms with Crippen LogP contribution < -0.4 is 10.1 Å². The number of benzene rings is 2. The molecule has 2 aromatic carbocycles. The SMILES string of the molecule is O=Cc1ccccc1-c1ccc(Nc2cccc(OC(F)(F)F)c2)nc1. The number of ether oxygens (including phenoxy) is 1. The molecule has 0 radical (unpaired) electrons. The Balaban J connectivity index is 1.78. The summed E-state index contributed by atoms with van der Waals surface area (Å²) in [5.74, 6) is 0.125. The number of aromatic nitrogens is 1. The van der Waals surface area contributed by atoms with Gasteiger partial charge in [-0.05, 0) is 29.8 Å². The number of nitrogens with zero attached hydrogens (tertiary/aromatic N) is 1. The van der Waals surface area contributed by atoms with Gasteiger partial charge in [-0.3, -0.25) is 4.79 Å². The van der Waals surface area contributed by atoms with Crippen molar-refractivity contribution >= 4 is 17.8 Å². The molecule has 0 atom stereocenters. The first-order valence-corrected chi connectivity index (χ1v) is 7.58. The molecular weight excluding hydrogens is 345 g/mol. The molecule has 0 fully saturated rings. The number of alkyl halides is 3. The van der Waals surface area contributed by atoms with Crippen molar-refractivity contribution in [2.24, 2.45) is 0 Å². The molecule has 1 aromatic heterocycles. The third-order valence-corrected chi connectivity index (χ3v) is 3.50. The number of hydrogen-bond donors (Lipinski definition) is 1. The van der Waals surface area contributed by atoms with Gasteiger partial charge < -0.3 is 10.1 Å². The van der Waals surface area contributed by atoms with Crippen LogP contribution in [0.15, 0.2) is 66.9 Å². The Morgan fingerprint density at radius 2 is 1.81 bits per heavy atom. The fourth-order valence-corrected chi connectivity index (χ4v) is 2.41. The van der Waals surface area contributed by atoms with Gasteiger partial charge in [-0.1, -0.05) is 30.3 Å². The molecule has 0 amide bonds. The molecule has 4 nitrogen and oxygen atoms in total. The second kappa shape index (κ2) is 7.26. The number of nitrogens with one attached hydrogen (secondary N) is 1. The van der Waals surface area contributed by atoms with E-state index < -0.39 is 6.36 Å². The summed E-state index contributed by atoms with van der Waals surface area (Å²) in [6, 6.07) is 16.0. The predicted octanol–water partition coefficient (Wildman–Crippen LogP) is 5.20. The minimum atomic E-state index is -4.75. The van der Waals surface area contributed by atoms with Crippen LogP contribution in [0.1, 0.15) is 10.4 Å². The minimum Gasteiger partial charge on any atom is -0.406 e. The van der Waals surface area contributed by atoms with Crippen LogP contribution in [-0.2, 0) is 0 Å². The molecule has 0 aliphatic heterocycles. The molecule has 3 aromatic rings. The summed E-state index contributed by atoms with van der Waals surface area (Å²) in [5, 5.41) is 2.91. The highest BCUT2D eigenvalue weighted by Crippen LogP contribution is 2.27. The lowest BCUT2D eigenvalue weighted by atomic mass is 10.0. The summed E-state index contributed by atoms with van der Waals surface area (Å²) < 4.78 is 40.8. The average molecular weight is 358 g/mol. The lowest BCUT2D eigenvalue weighted by Crippen LogP contribution is -2.17. The highest BCUT2D eigenvalue weighted by Gasteiger charge is 2.31. The number of hydrogen-bond acceptors (Lipinski definition) is 4. The molecule has 1 N–H and O–H groups in total. The molecule has 1 heterocycles. The van der Waals surface area contributed by atoms with Crippen molar-refractivity contribution in [1.29, 1.82) is 0 Å². The van der Waals surface area contributed by atoms with Crippen molar-refractivity contribution in [1.82, 2.24) is 4.98 Å². The number of rotatable bonds is 5. The zero-order chi connectivity index (χ0) is 18.6. The fourth-order valence-electron chi connectivity index (χ4n) is 2.41. The number of pyridine rings is 1. The van der Waals surface area contributed by atoms with Gasteiger partial charge in [0.1, 0.15) is 11.6 Å². The second-order valence-corrected chi connectivity index (χ2v) is 5.34. The summed E-state index contributed by atoms with van der Waals surface area (Å²) in [6.07, 6.45) is -2.39. The van der Waals surface area contributed by atoms with Gasteiger partial charge in [0.2, 0.25) is 0 Å². The molecule has 26 heavy (non-hydrogen) atoms. The number of anilines is 2. The number of carbonyl (C=O) groups is 1. The number of carbonyl (C=O) groups excluding carboxylic acids is 1. The van der Waals surface area contributed by atoms with Gasteiger partial charge >= 0.3 is 6.36 Å². The Labute approximate surface area is 147 Å². The zero-order valence-corrected chi connectivity index (χ0v) is 13.3. The predicted molar refractivity (Wildman–Crippen MR) is 91.5 cm³/mol. The summed E-state index contributed by atoms with van der Waals surface area (Å²) in [6.45, 7) is 0. The maximum absolute atomic E-state index is 12.3. The van der Waals surface area contributed by atoms with Crippen LogP contribution in [-0.4, -0.2) is 17.6 Å². The van der Waals surface area contributed by atoms with E-state index in [9.17, 15) is 18.0 Å². The third kappa shape index (κ3) is 4.38. The van der Waals surface area contributed by atoms with Crippen LogP contribution in [0.3, 0.4) is 0 Å². The Hall–Kier alpha value is -3.35. The van der Waals surface area contributed by atoms with Gasteiger partial charge in [0, 0.05) is 29.1 Å². The molecule has 0 unspecified atom stereocenters. The molecule has 0 saturated carbocycles. The van der Waals surface area contributed by atoms with Gasteiger partial charge in [-0.2, -0.15) is 0 Å². The molecule has 0 bridgehead atoms. The van der Waals surface area contributed by atoms with Gasteiger partial charge in [0.25, 0.3) is 0 Å². The van der Waals surface area contributed by atoms with E-state index in [0.717, 1.165) is 17.4 Å². The topological polar surface area (TPSA) is 51.2 Å². The number of aldehydes is 1. The minimum absolute atomic E-state index is 0.320. The zero-order valence-electron chi connectivity index (χ0n) is 13.3. The first kappa shape index (κ1) is 17.5. The lowest BCUT2D eigenvalue weighted by molar-refractivity contribution is -0.274. The maximum atomic E-state index is 12.3. The monoisotopic (exact) mass is 358 g/mol. The molecule has 0 aliphatic carbocycles. The van der Waals surface area contributed by atoms with Crippen LogP contribution in [0.5, 0.6) is 5.75 Å². The highest BCUT2D eigenvalue weighted by atomic mass is 19.4. The molecule has 0 saturated heterocycles. The van der Waals surface area contributed by atoms with Crippen LogP contribution in [0.4, 0.5) is 24.7 Å². The van der Waals surface area contributed by atoms with E-state index >= 15 is 0 Å². The van der Waals surface area contributed by atoms with E-state index in [0.29, 0.717) is 17.1 Å². The largest absolute Gasteiger partial charge is 0.573 e. The lowest BCUT2D eigenvalue weighted by Gasteiger charge is -2.11. The molecule has 0 aliphatic rings. The Morgan fingerprint density at radius 1 is 1.00 bits per heavy atom. The van der Waals surface area contributed by atoms with Gasteiger partial charge in [-0.15, -0.1) is 13.2 Å². The van der Waals surface area contributed by atoms with E-state index in [1.807, 2.05) is 12.1 Å². The third-order valence-electron chi connectivity index (χ3n) is 3.50. The van der Waals surface area contributed by atoms with E-state index in [-0.39, 0.29) is 5.75 Å². The Bertz CT molecular complexity index is 909. The van der Waals surface area contributed by atoms with E-state index in [2.05, 4.69) is 15.0 Å². The van der Waals surface area contributed by atoms with Gasteiger partial charge in [0.15, 0.2) is 6.29 Å². The number of halogens is 3. The summed E-state index contributed by atoms with van der Waals surface area (Å²) in [4.78, 5) is 15.4. The first-order chi connectivity index (χ1) is 12.4. The average Bonchev–Trinajstić information content (AvgIpc) is 2.61. The van der Waals surface area contributed by atoms with Crippen molar-refractivity contribution in [2.75, 3.05) is 5.32 Å². The summed E-state index contributed by atoms with van der Waals surface area (Å²) in [5.41, 5.74) is 2.46. The van der Waals surface area contributed by atoms with Gasteiger partial charge in [-0.25, -0.2) is 4.98 Å². The Morgan fingerprint density at radius 3 is 2.50 bits per heavy atom. The highest BCUT2D eigenvalue weighted by molar-refractivity contribution is 5.87. The standard InChI is InChI=1S/C19H13F3N2O2/c20-19(21,22)26-16-6-3-5-15(10-16)24-18-9-8-13(11-23-18)17-7-2-1-4-14(17)12-25/h1-12H,(H,23,24). The van der Waals surface area contributed by atoms with Crippen LogP contribution in [0, 0.1) is 0 Å². The van der Waals surface area contributed by atoms with Crippen molar-refractivity contribution in [3.8, 4) is 16.9 Å². The van der Waals surface area contributed by atoms with Crippen LogP contribution in [0.2, 0.25) is 0 Å². The van der Waals surface area contributed by atoms with Gasteiger partial charge in [0.05, 0.1) is 0 Å². The smallest absolute Gasteiger partial charge is 0.406 e. The van der Waals surface area contributed by atoms with Crippen LogP contribution in [0.25, 0.3) is 11.1 Å². The van der Waals surface area contributed by atoms with Crippen LogP contribution >= 0.6 is 0 Å². The van der Waals surface area contributed by atoms with E-state index in [4.69, 9.17) is 0 Å². The maximum Gasteiger partial charge on any atom is 0.573 e. The quantitative estimate of drug-likeness (QED) is 0.637. The van der Waals surface area contributed by atoms with E-state index in [1.165, 1.54) is 18.2 Å². The normalized spacial score (nSPS) is 11.0. The second-order valence-electron chi connectivity index (χ2n) is 5.34. The fraction of sp³-hybridized carbons (Fsp3) is 0.0526. The van der Waals surface area contributed by atoms with E-state index in [1.54, 1.807) is 36.5 Å². The molecule has 3 rings (SSSR count). The van der Waals surface area contributed by atoms with Crippen molar-refractivity contribution in [3.05, 3.63) is 72.4 Å². The molecule has 0 spiro atoms. The van der Waals surface area contributed by atoms with Crippen molar-refractivity contribution in [2.45, 2.75) is 6.36 Å². The summed E-state index contributed by atoms with van der Waals surface area (Å²) in [7, 11) is 0. The van der Waals surface area contributed by atoms with Crippen molar-refractivity contribution in [3.63, 3.8) is 0 Å². The summed E-state index contributed by atoms with van der Waals surface area (Å²) >= 11 is 0. The molecular formula is C19H13F3N2O2.